The number of aromatic hydroxyl groups is 1. The average Bonchev–Trinajstić information content (AvgIpc) is 2.73. The van der Waals surface area contributed by atoms with Crippen molar-refractivity contribution in [2.45, 2.75) is 12.8 Å². The van der Waals surface area contributed by atoms with E-state index < -0.39 is 0 Å². The lowest BCUT2D eigenvalue weighted by molar-refractivity contribution is 0.399. The lowest BCUT2D eigenvalue weighted by atomic mass is 9.98. The van der Waals surface area contributed by atoms with Crippen LogP contribution in [-0.2, 0) is 6.42 Å². The first kappa shape index (κ1) is 10.3. The van der Waals surface area contributed by atoms with Gasteiger partial charge in [0.15, 0.2) is 0 Å². The molecule has 1 aromatic rings. The molecule has 0 saturated carbocycles. The van der Waals surface area contributed by atoms with Crippen molar-refractivity contribution >= 4 is 0 Å². The predicted octanol–water partition coefficient (Wildman–Crippen LogP) is 1.55. The molecule has 1 unspecified atom stereocenters. The molecule has 82 valence electrons. The van der Waals surface area contributed by atoms with Gasteiger partial charge in [0.1, 0.15) is 11.5 Å². The van der Waals surface area contributed by atoms with Crippen molar-refractivity contribution in [3.8, 4) is 11.5 Å². The van der Waals surface area contributed by atoms with Crippen molar-refractivity contribution in [3.63, 3.8) is 0 Å². The van der Waals surface area contributed by atoms with Crippen LogP contribution in [0.3, 0.4) is 0 Å². The molecule has 3 heteroatoms. The number of hydrogen-bond acceptors (Lipinski definition) is 3. The van der Waals surface area contributed by atoms with E-state index in [1.165, 1.54) is 12.0 Å². The third kappa shape index (κ3) is 2.42. The number of hydrogen-bond donors (Lipinski definition) is 2. The molecule has 0 aromatic heterocycles. The molecule has 1 atom stereocenters. The maximum Gasteiger partial charge on any atom is 0.125 e. The number of benzene rings is 1. The molecule has 1 aliphatic heterocycles. The molecule has 1 heterocycles. The van der Waals surface area contributed by atoms with Crippen LogP contribution in [0.1, 0.15) is 12.0 Å². The summed E-state index contributed by atoms with van der Waals surface area (Å²) in [6.45, 7) is 2.20. The van der Waals surface area contributed by atoms with Crippen molar-refractivity contribution in [2.24, 2.45) is 5.92 Å². The van der Waals surface area contributed by atoms with Crippen LogP contribution in [0.5, 0.6) is 11.5 Å². The highest BCUT2D eigenvalue weighted by Gasteiger charge is 2.16. The van der Waals surface area contributed by atoms with Gasteiger partial charge in [0, 0.05) is 6.07 Å². The summed E-state index contributed by atoms with van der Waals surface area (Å²) < 4.78 is 5.26. The molecule has 3 nitrogen and oxygen atoms in total. The Labute approximate surface area is 90.1 Å². The van der Waals surface area contributed by atoms with Crippen LogP contribution in [-0.4, -0.2) is 25.3 Å². The summed E-state index contributed by atoms with van der Waals surface area (Å²) in [5.41, 5.74) is 1.18. The van der Waals surface area contributed by atoms with Crippen LogP contribution in [0.2, 0.25) is 0 Å². The van der Waals surface area contributed by atoms with Crippen LogP contribution in [0, 0.1) is 5.92 Å². The Bertz CT molecular complexity index is 332. The fourth-order valence-corrected chi connectivity index (χ4v) is 2.10. The molecule has 0 aliphatic carbocycles. The maximum absolute atomic E-state index is 9.34. The second kappa shape index (κ2) is 4.53. The first-order valence-electron chi connectivity index (χ1n) is 5.36. The van der Waals surface area contributed by atoms with Gasteiger partial charge in [-0.05, 0) is 43.5 Å². The van der Waals surface area contributed by atoms with E-state index >= 15 is 0 Å². The zero-order valence-electron chi connectivity index (χ0n) is 8.99. The number of phenolic OH excluding ortho intramolecular Hbond substituents is 1. The van der Waals surface area contributed by atoms with Gasteiger partial charge in [0.2, 0.25) is 0 Å². The van der Waals surface area contributed by atoms with E-state index in [1.54, 1.807) is 19.2 Å². The highest BCUT2D eigenvalue weighted by Crippen LogP contribution is 2.27. The van der Waals surface area contributed by atoms with Gasteiger partial charge < -0.3 is 15.2 Å². The average molecular weight is 207 g/mol. The molecule has 0 spiro atoms. The predicted molar refractivity (Wildman–Crippen MR) is 59.3 cm³/mol. The fraction of sp³-hybridized carbons (Fsp3) is 0.500. The molecule has 2 N–H and O–H groups in total. The summed E-state index contributed by atoms with van der Waals surface area (Å²) in [6.07, 6.45) is 2.25. The van der Waals surface area contributed by atoms with Crippen LogP contribution < -0.4 is 10.1 Å². The third-order valence-electron chi connectivity index (χ3n) is 2.94. The van der Waals surface area contributed by atoms with Gasteiger partial charge in [0.05, 0.1) is 7.11 Å². The van der Waals surface area contributed by atoms with Crippen LogP contribution in [0.25, 0.3) is 0 Å². The molecule has 15 heavy (non-hydrogen) atoms. The normalized spacial score (nSPS) is 20.5. The van der Waals surface area contributed by atoms with E-state index in [2.05, 4.69) is 5.32 Å². The second-order valence-corrected chi connectivity index (χ2v) is 4.06. The van der Waals surface area contributed by atoms with E-state index in [-0.39, 0.29) is 5.75 Å². The second-order valence-electron chi connectivity index (χ2n) is 4.06. The van der Waals surface area contributed by atoms with Crippen molar-refractivity contribution in [1.82, 2.24) is 5.32 Å². The summed E-state index contributed by atoms with van der Waals surface area (Å²) in [5.74, 6) is 1.76. The quantitative estimate of drug-likeness (QED) is 0.790. The lowest BCUT2D eigenvalue weighted by Crippen LogP contribution is -2.11. The smallest absolute Gasteiger partial charge is 0.125 e. The Morgan fingerprint density at radius 1 is 1.53 bits per heavy atom. The number of methoxy groups -OCH3 is 1. The van der Waals surface area contributed by atoms with Gasteiger partial charge in [-0.2, -0.15) is 0 Å². The molecule has 0 bridgehead atoms. The number of ether oxygens (including phenoxy) is 1. The number of phenols is 1. The molecule has 1 fully saturated rings. The SMILES string of the molecule is COc1cc(O)ccc1CC1CCNC1. The van der Waals surface area contributed by atoms with Gasteiger partial charge in [-0.3, -0.25) is 0 Å². The first-order valence-corrected chi connectivity index (χ1v) is 5.36. The van der Waals surface area contributed by atoms with Crippen LogP contribution in [0.15, 0.2) is 18.2 Å². The topological polar surface area (TPSA) is 41.5 Å². The summed E-state index contributed by atoms with van der Waals surface area (Å²) >= 11 is 0. The van der Waals surface area contributed by atoms with Gasteiger partial charge in [-0.15, -0.1) is 0 Å². The largest absolute Gasteiger partial charge is 0.508 e. The zero-order chi connectivity index (χ0) is 10.7. The van der Waals surface area contributed by atoms with Crippen LogP contribution in [0.4, 0.5) is 0 Å². The molecule has 2 rings (SSSR count). The van der Waals surface area contributed by atoms with E-state index in [9.17, 15) is 5.11 Å². The van der Waals surface area contributed by atoms with E-state index in [0.717, 1.165) is 25.3 Å². The van der Waals surface area contributed by atoms with Crippen molar-refractivity contribution in [3.05, 3.63) is 23.8 Å². The third-order valence-corrected chi connectivity index (χ3v) is 2.94. The fourth-order valence-electron chi connectivity index (χ4n) is 2.10. The molecule has 1 saturated heterocycles. The molecule has 0 amide bonds. The molecular weight excluding hydrogens is 190 g/mol. The molecule has 1 aromatic carbocycles. The summed E-state index contributed by atoms with van der Waals surface area (Å²) in [5, 5.41) is 12.7. The van der Waals surface area contributed by atoms with Crippen LogP contribution >= 0.6 is 0 Å². The zero-order valence-corrected chi connectivity index (χ0v) is 8.99. The van der Waals surface area contributed by atoms with Gasteiger partial charge >= 0.3 is 0 Å². The number of rotatable bonds is 3. The van der Waals surface area contributed by atoms with E-state index in [0.29, 0.717) is 5.92 Å². The van der Waals surface area contributed by atoms with Crippen molar-refractivity contribution < 1.29 is 9.84 Å². The van der Waals surface area contributed by atoms with Crippen molar-refractivity contribution in [2.75, 3.05) is 20.2 Å². The summed E-state index contributed by atoms with van der Waals surface area (Å²) in [7, 11) is 1.64. The standard InChI is InChI=1S/C12H17NO2/c1-15-12-7-11(14)3-2-10(12)6-9-4-5-13-8-9/h2-3,7,9,13-14H,4-6,8H2,1H3. The maximum atomic E-state index is 9.34. The van der Waals surface area contributed by atoms with Gasteiger partial charge in [-0.1, -0.05) is 6.07 Å². The minimum Gasteiger partial charge on any atom is -0.508 e. The van der Waals surface area contributed by atoms with E-state index in [4.69, 9.17) is 4.74 Å². The Kier molecular flexibility index (Phi) is 3.11. The Morgan fingerprint density at radius 3 is 3.07 bits per heavy atom. The van der Waals surface area contributed by atoms with Gasteiger partial charge in [-0.25, -0.2) is 0 Å². The molecule has 0 radical (unpaired) electrons. The monoisotopic (exact) mass is 207 g/mol. The van der Waals surface area contributed by atoms with E-state index in [1.807, 2.05) is 6.07 Å². The number of nitrogens with one attached hydrogen (secondary N) is 1. The Balaban J connectivity index is 2.12. The highest BCUT2D eigenvalue weighted by molar-refractivity contribution is 5.40. The minimum atomic E-state index is 0.264. The lowest BCUT2D eigenvalue weighted by Gasteiger charge is -2.12. The highest BCUT2D eigenvalue weighted by atomic mass is 16.5. The Morgan fingerprint density at radius 2 is 2.40 bits per heavy atom. The van der Waals surface area contributed by atoms with Gasteiger partial charge in [0.25, 0.3) is 0 Å². The Hall–Kier alpha value is -1.22. The molecule has 1 aliphatic rings. The minimum absolute atomic E-state index is 0.264. The summed E-state index contributed by atoms with van der Waals surface area (Å²) in [4.78, 5) is 0. The van der Waals surface area contributed by atoms with Crippen molar-refractivity contribution in [1.29, 1.82) is 0 Å². The first-order chi connectivity index (χ1) is 7.29. The molecular formula is C12H17NO2. The summed E-state index contributed by atoms with van der Waals surface area (Å²) in [6, 6.07) is 5.35.